The highest BCUT2D eigenvalue weighted by molar-refractivity contribution is 5.92. The van der Waals surface area contributed by atoms with Gasteiger partial charge in [-0.05, 0) is 48.0 Å². The van der Waals surface area contributed by atoms with Gasteiger partial charge in [-0.15, -0.1) is 0 Å². The van der Waals surface area contributed by atoms with Gasteiger partial charge in [0, 0.05) is 19.9 Å². The van der Waals surface area contributed by atoms with E-state index in [0.29, 0.717) is 25.5 Å². The molecule has 0 spiro atoms. The first kappa shape index (κ1) is 19.4. The SMILES string of the molecule is COCCOc1cccc(CNC(=O)c2ccn(-c3ccc(OC)cc3)n2)c1. The zero-order valence-corrected chi connectivity index (χ0v) is 15.9. The molecule has 3 rings (SSSR count). The normalized spacial score (nSPS) is 10.5. The lowest BCUT2D eigenvalue weighted by Crippen LogP contribution is -2.23. The maximum atomic E-state index is 12.4. The lowest BCUT2D eigenvalue weighted by Gasteiger charge is -2.08. The number of nitrogens with zero attached hydrogens (tertiary/aromatic N) is 2. The molecule has 146 valence electrons. The molecule has 28 heavy (non-hydrogen) atoms. The van der Waals surface area contributed by atoms with Crippen molar-refractivity contribution >= 4 is 5.91 Å². The summed E-state index contributed by atoms with van der Waals surface area (Å²) in [4.78, 5) is 12.4. The average molecular weight is 381 g/mol. The number of hydrogen-bond donors (Lipinski definition) is 1. The van der Waals surface area contributed by atoms with Crippen LogP contribution in [0.25, 0.3) is 5.69 Å². The third-order valence-electron chi connectivity index (χ3n) is 4.07. The Morgan fingerprint density at radius 2 is 1.86 bits per heavy atom. The van der Waals surface area contributed by atoms with Gasteiger partial charge in [-0.25, -0.2) is 4.68 Å². The molecule has 1 N–H and O–H groups in total. The molecule has 7 heteroatoms. The van der Waals surface area contributed by atoms with Crippen molar-refractivity contribution < 1.29 is 19.0 Å². The van der Waals surface area contributed by atoms with Crippen LogP contribution in [0.4, 0.5) is 0 Å². The number of ether oxygens (including phenoxy) is 3. The number of benzene rings is 2. The van der Waals surface area contributed by atoms with Crippen LogP contribution < -0.4 is 14.8 Å². The van der Waals surface area contributed by atoms with Crippen LogP contribution in [-0.2, 0) is 11.3 Å². The molecule has 0 aliphatic rings. The highest BCUT2D eigenvalue weighted by Gasteiger charge is 2.10. The molecular weight excluding hydrogens is 358 g/mol. The Balaban J connectivity index is 1.58. The second kappa shape index (κ2) is 9.57. The fourth-order valence-electron chi connectivity index (χ4n) is 2.58. The average Bonchev–Trinajstić information content (AvgIpc) is 3.23. The molecule has 0 unspecified atom stereocenters. The second-order valence-electron chi connectivity index (χ2n) is 6.01. The maximum Gasteiger partial charge on any atom is 0.272 e. The van der Waals surface area contributed by atoms with Crippen LogP contribution in [-0.4, -0.2) is 43.1 Å². The van der Waals surface area contributed by atoms with Crippen LogP contribution in [0.15, 0.2) is 60.8 Å². The lowest BCUT2D eigenvalue weighted by atomic mass is 10.2. The molecule has 7 nitrogen and oxygen atoms in total. The number of rotatable bonds is 9. The van der Waals surface area contributed by atoms with E-state index in [4.69, 9.17) is 14.2 Å². The van der Waals surface area contributed by atoms with E-state index in [1.807, 2.05) is 48.5 Å². The largest absolute Gasteiger partial charge is 0.497 e. The predicted molar refractivity (Wildman–Crippen MR) is 105 cm³/mol. The van der Waals surface area contributed by atoms with Crippen molar-refractivity contribution in [3.63, 3.8) is 0 Å². The van der Waals surface area contributed by atoms with Crippen LogP contribution in [0.2, 0.25) is 0 Å². The number of amides is 1. The van der Waals surface area contributed by atoms with Crippen molar-refractivity contribution in [2.24, 2.45) is 0 Å². The Labute approximate surface area is 163 Å². The third-order valence-corrected chi connectivity index (χ3v) is 4.07. The third kappa shape index (κ3) is 5.11. The van der Waals surface area contributed by atoms with Crippen molar-refractivity contribution in [3.05, 3.63) is 72.1 Å². The number of carbonyl (C=O) groups excluding carboxylic acids is 1. The number of nitrogens with one attached hydrogen (secondary N) is 1. The molecule has 0 fully saturated rings. The maximum absolute atomic E-state index is 12.4. The van der Waals surface area contributed by atoms with Crippen LogP contribution in [0, 0.1) is 0 Å². The molecule has 1 heterocycles. The topological polar surface area (TPSA) is 74.6 Å². The van der Waals surface area contributed by atoms with E-state index < -0.39 is 0 Å². The predicted octanol–water partition coefficient (Wildman–Crippen LogP) is 2.84. The molecule has 0 saturated heterocycles. The molecule has 3 aromatic rings. The second-order valence-corrected chi connectivity index (χ2v) is 6.01. The van der Waals surface area contributed by atoms with Gasteiger partial charge in [-0.2, -0.15) is 5.10 Å². The molecule has 0 bridgehead atoms. The summed E-state index contributed by atoms with van der Waals surface area (Å²) in [5.41, 5.74) is 2.14. The molecule has 0 radical (unpaired) electrons. The minimum Gasteiger partial charge on any atom is -0.497 e. The van der Waals surface area contributed by atoms with Crippen molar-refractivity contribution in [1.29, 1.82) is 0 Å². The van der Waals surface area contributed by atoms with Gasteiger partial charge in [0.25, 0.3) is 5.91 Å². The van der Waals surface area contributed by atoms with E-state index in [2.05, 4.69) is 10.4 Å². The summed E-state index contributed by atoms with van der Waals surface area (Å²) in [6, 6.07) is 16.7. The number of aromatic nitrogens is 2. The first-order valence-corrected chi connectivity index (χ1v) is 8.88. The van der Waals surface area contributed by atoms with E-state index >= 15 is 0 Å². The van der Waals surface area contributed by atoms with E-state index in [-0.39, 0.29) is 5.91 Å². The van der Waals surface area contributed by atoms with Crippen molar-refractivity contribution in [3.8, 4) is 17.2 Å². The first-order valence-electron chi connectivity index (χ1n) is 8.88. The number of hydrogen-bond acceptors (Lipinski definition) is 5. The first-order chi connectivity index (χ1) is 13.7. The number of methoxy groups -OCH3 is 2. The van der Waals surface area contributed by atoms with E-state index in [0.717, 1.165) is 22.7 Å². The Kier molecular flexibility index (Phi) is 6.64. The minimum atomic E-state index is -0.238. The highest BCUT2D eigenvalue weighted by Crippen LogP contribution is 2.15. The van der Waals surface area contributed by atoms with Gasteiger partial charge in [-0.1, -0.05) is 12.1 Å². The molecule has 0 aliphatic heterocycles. The Bertz CT molecular complexity index is 906. The Morgan fingerprint density at radius 3 is 2.61 bits per heavy atom. The van der Waals surface area contributed by atoms with Crippen LogP contribution in [0.1, 0.15) is 16.1 Å². The van der Waals surface area contributed by atoms with Crippen molar-refractivity contribution in [1.82, 2.24) is 15.1 Å². The zero-order valence-electron chi connectivity index (χ0n) is 15.9. The summed E-state index contributed by atoms with van der Waals surface area (Å²) >= 11 is 0. The number of carbonyl (C=O) groups is 1. The smallest absolute Gasteiger partial charge is 0.272 e. The van der Waals surface area contributed by atoms with Crippen LogP contribution in [0.3, 0.4) is 0 Å². The zero-order chi connectivity index (χ0) is 19.8. The highest BCUT2D eigenvalue weighted by atomic mass is 16.5. The molecule has 1 aromatic heterocycles. The summed E-state index contributed by atoms with van der Waals surface area (Å²) < 4.78 is 17.4. The molecule has 1 amide bonds. The van der Waals surface area contributed by atoms with Gasteiger partial charge in [0.15, 0.2) is 5.69 Å². The molecule has 0 aliphatic carbocycles. The standard InChI is InChI=1S/C21H23N3O4/c1-26-12-13-28-19-5-3-4-16(14-19)15-22-21(25)20-10-11-24(23-20)17-6-8-18(27-2)9-7-17/h3-11,14H,12-13,15H2,1-2H3,(H,22,25). The van der Waals surface area contributed by atoms with E-state index in [1.165, 1.54) is 0 Å². The van der Waals surface area contributed by atoms with Gasteiger partial charge < -0.3 is 19.5 Å². The minimum absolute atomic E-state index is 0.238. The molecule has 0 saturated carbocycles. The summed E-state index contributed by atoms with van der Waals surface area (Å²) in [6.45, 7) is 1.39. The van der Waals surface area contributed by atoms with Crippen molar-refractivity contribution in [2.75, 3.05) is 27.4 Å². The monoisotopic (exact) mass is 381 g/mol. The molecule has 0 atom stereocenters. The fourth-order valence-corrected chi connectivity index (χ4v) is 2.58. The summed E-state index contributed by atoms with van der Waals surface area (Å²) in [5, 5.41) is 7.22. The van der Waals surface area contributed by atoms with Gasteiger partial charge in [0.1, 0.15) is 18.1 Å². The quantitative estimate of drug-likeness (QED) is 0.577. The van der Waals surface area contributed by atoms with Crippen LogP contribution in [0.5, 0.6) is 11.5 Å². The van der Waals surface area contributed by atoms with E-state index in [1.54, 1.807) is 31.2 Å². The van der Waals surface area contributed by atoms with Crippen molar-refractivity contribution in [2.45, 2.75) is 6.54 Å². The summed E-state index contributed by atoms with van der Waals surface area (Å²) in [7, 11) is 3.25. The van der Waals surface area contributed by atoms with Gasteiger partial charge in [0.2, 0.25) is 0 Å². The molecular formula is C21H23N3O4. The van der Waals surface area contributed by atoms with Gasteiger partial charge in [-0.3, -0.25) is 4.79 Å². The Morgan fingerprint density at radius 1 is 1.04 bits per heavy atom. The Hall–Kier alpha value is -3.32. The van der Waals surface area contributed by atoms with Gasteiger partial charge >= 0.3 is 0 Å². The fraction of sp³-hybridized carbons (Fsp3) is 0.238. The van der Waals surface area contributed by atoms with E-state index in [9.17, 15) is 4.79 Å². The lowest BCUT2D eigenvalue weighted by molar-refractivity contribution is 0.0945. The summed E-state index contributed by atoms with van der Waals surface area (Å²) in [5.74, 6) is 1.27. The van der Waals surface area contributed by atoms with Gasteiger partial charge in [0.05, 0.1) is 19.4 Å². The molecule has 2 aromatic carbocycles. The summed E-state index contributed by atoms with van der Waals surface area (Å²) in [6.07, 6.45) is 1.75. The van der Waals surface area contributed by atoms with Crippen LogP contribution >= 0.6 is 0 Å².